The minimum absolute atomic E-state index is 0.112. The third kappa shape index (κ3) is 4.63. The van der Waals surface area contributed by atoms with Crippen molar-refractivity contribution >= 4 is 5.97 Å². The lowest BCUT2D eigenvalue weighted by molar-refractivity contribution is -0.145. The molecule has 25 heavy (non-hydrogen) atoms. The first kappa shape index (κ1) is 16.6. The van der Waals surface area contributed by atoms with Crippen molar-refractivity contribution < 1.29 is 14.3 Å². The Hall–Kier alpha value is -3.22. The fraction of sp³-hybridized carbons (Fsp3) is 0.222. The van der Waals surface area contributed by atoms with E-state index in [-0.39, 0.29) is 6.61 Å². The van der Waals surface area contributed by atoms with E-state index in [1.165, 1.54) is 0 Å². The number of esters is 1. The Labute approximate surface area is 145 Å². The molecule has 0 atom stereocenters. The molecule has 1 heterocycles. The van der Waals surface area contributed by atoms with Crippen molar-refractivity contribution in [3.63, 3.8) is 0 Å². The molecule has 2 aromatic carbocycles. The van der Waals surface area contributed by atoms with Gasteiger partial charge >= 0.3 is 5.97 Å². The second kappa shape index (κ2) is 8.05. The van der Waals surface area contributed by atoms with Gasteiger partial charge in [-0.3, -0.25) is 0 Å². The summed E-state index contributed by atoms with van der Waals surface area (Å²) in [7, 11) is 0. The van der Waals surface area contributed by atoms with Gasteiger partial charge < -0.3 is 9.47 Å². The normalized spacial score (nSPS) is 10.4. The molecule has 0 radical (unpaired) electrons. The molecule has 0 fully saturated rings. The van der Waals surface area contributed by atoms with Crippen molar-refractivity contribution in [2.75, 3.05) is 13.2 Å². The monoisotopic (exact) mass is 338 g/mol. The number of carbonyl (C=O) groups is 1. The fourth-order valence-corrected chi connectivity index (χ4v) is 2.22. The molecule has 0 aliphatic rings. The number of ether oxygens (including phenoxy) is 2. The Morgan fingerprint density at radius 2 is 1.84 bits per heavy atom. The third-order valence-corrected chi connectivity index (χ3v) is 3.39. The van der Waals surface area contributed by atoms with E-state index in [0.717, 1.165) is 11.1 Å². The molecule has 0 aliphatic heterocycles. The Morgan fingerprint density at radius 1 is 1.08 bits per heavy atom. The van der Waals surface area contributed by atoms with Crippen molar-refractivity contribution in [2.45, 2.75) is 13.5 Å². The zero-order valence-electron chi connectivity index (χ0n) is 13.8. The zero-order valence-corrected chi connectivity index (χ0v) is 13.8. The average molecular weight is 338 g/mol. The van der Waals surface area contributed by atoms with Crippen LogP contribution < -0.4 is 4.74 Å². The maximum Gasteiger partial charge on any atom is 0.344 e. The van der Waals surface area contributed by atoms with E-state index in [1.54, 1.807) is 23.9 Å². The molecule has 128 valence electrons. The molecule has 0 aliphatic carbocycles. The molecule has 1 aromatic heterocycles. The predicted molar refractivity (Wildman–Crippen MR) is 90.9 cm³/mol. The largest absolute Gasteiger partial charge is 0.482 e. The maximum atomic E-state index is 11.3. The van der Waals surface area contributed by atoms with Gasteiger partial charge in [-0.2, -0.15) is 4.80 Å². The van der Waals surface area contributed by atoms with E-state index in [2.05, 4.69) is 15.4 Å². The zero-order chi connectivity index (χ0) is 17.5. The topological polar surface area (TPSA) is 79.1 Å². The van der Waals surface area contributed by atoms with Crippen molar-refractivity contribution in [1.82, 2.24) is 20.2 Å². The molecule has 3 aromatic rings. The van der Waals surface area contributed by atoms with E-state index >= 15 is 0 Å². The van der Waals surface area contributed by atoms with Crippen LogP contribution in [-0.4, -0.2) is 39.4 Å². The smallest absolute Gasteiger partial charge is 0.344 e. The van der Waals surface area contributed by atoms with Crippen molar-refractivity contribution in [1.29, 1.82) is 0 Å². The van der Waals surface area contributed by atoms with Crippen molar-refractivity contribution in [2.24, 2.45) is 0 Å². The van der Waals surface area contributed by atoms with Gasteiger partial charge in [-0.1, -0.05) is 30.3 Å². The molecule has 0 N–H and O–H groups in total. The van der Waals surface area contributed by atoms with E-state index in [4.69, 9.17) is 9.47 Å². The summed E-state index contributed by atoms with van der Waals surface area (Å²) >= 11 is 0. The molecule has 0 saturated heterocycles. The minimum Gasteiger partial charge on any atom is -0.482 e. The number of hydrogen-bond acceptors (Lipinski definition) is 6. The SMILES string of the molecule is CCOC(=O)COc1ccc(-c2nnn(Cc3ccccc3)n2)cc1. The lowest BCUT2D eigenvalue weighted by Gasteiger charge is -2.05. The van der Waals surface area contributed by atoms with Crippen LogP contribution >= 0.6 is 0 Å². The summed E-state index contributed by atoms with van der Waals surface area (Å²) in [6.07, 6.45) is 0. The third-order valence-electron chi connectivity index (χ3n) is 3.39. The van der Waals surface area contributed by atoms with Gasteiger partial charge in [0.1, 0.15) is 5.75 Å². The van der Waals surface area contributed by atoms with Gasteiger partial charge in [0, 0.05) is 5.56 Å². The fourth-order valence-electron chi connectivity index (χ4n) is 2.22. The summed E-state index contributed by atoms with van der Waals surface area (Å²) in [4.78, 5) is 12.8. The van der Waals surface area contributed by atoms with Crippen LogP contribution in [0.15, 0.2) is 54.6 Å². The van der Waals surface area contributed by atoms with Gasteiger partial charge in [0.15, 0.2) is 6.61 Å². The summed E-state index contributed by atoms with van der Waals surface area (Å²) in [5, 5.41) is 12.5. The van der Waals surface area contributed by atoms with Crippen LogP contribution in [0.5, 0.6) is 5.75 Å². The van der Waals surface area contributed by atoms with Gasteiger partial charge in [0.25, 0.3) is 0 Å². The number of benzene rings is 2. The molecule has 0 unspecified atom stereocenters. The highest BCUT2D eigenvalue weighted by Gasteiger charge is 2.08. The highest BCUT2D eigenvalue weighted by atomic mass is 16.6. The van der Waals surface area contributed by atoms with Crippen LogP contribution in [0.1, 0.15) is 12.5 Å². The molecule has 0 bridgehead atoms. The Bertz CT molecular complexity index is 816. The van der Waals surface area contributed by atoms with E-state index in [9.17, 15) is 4.79 Å². The minimum atomic E-state index is -0.392. The number of tetrazole rings is 1. The van der Waals surface area contributed by atoms with Crippen molar-refractivity contribution in [3.05, 3.63) is 60.2 Å². The second-order valence-electron chi connectivity index (χ2n) is 5.25. The van der Waals surface area contributed by atoms with Gasteiger partial charge in [-0.25, -0.2) is 4.79 Å². The maximum absolute atomic E-state index is 11.3. The lowest BCUT2D eigenvalue weighted by Crippen LogP contribution is -2.14. The molecule has 0 spiro atoms. The number of aromatic nitrogens is 4. The first-order chi connectivity index (χ1) is 12.2. The van der Waals surface area contributed by atoms with Gasteiger partial charge in [-0.15, -0.1) is 10.2 Å². The lowest BCUT2D eigenvalue weighted by atomic mass is 10.2. The molecule has 0 saturated carbocycles. The summed E-state index contributed by atoms with van der Waals surface area (Å²) in [5.74, 6) is 0.721. The van der Waals surface area contributed by atoms with Crippen LogP contribution in [0, 0.1) is 0 Å². The van der Waals surface area contributed by atoms with Gasteiger partial charge in [0.05, 0.1) is 13.2 Å². The number of nitrogens with zero attached hydrogens (tertiary/aromatic N) is 4. The Morgan fingerprint density at radius 3 is 2.56 bits per heavy atom. The molecular formula is C18H18N4O3. The number of carbonyl (C=O) groups excluding carboxylic acids is 1. The highest BCUT2D eigenvalue weighted by molar-refractivity contribution is 5.71. The van der Waals surface area contributed by atoms with E-state index in [1.807, 2.05) is 42.5 Å². The van der Waals surface area contributed by atoms with Gasteiger partial charge in [-0.05, 0) is 42.0 Å². The molecular weight excluding hydrogens is 320 g/mol. The summed E-state index contributed by atoms with van der Waals surface area (Å²) < 4.78 is 10.2. The second-order valence-corrected chi connectivity index (χ2v) is 5.25. The summed E-state index contributed by atoms with van der Waals surface area (Å²) in [5.41, 5.74) is 1.93. The van der Waals surface area contributed by atoms with E-state index in [0.29, 0.717) is 24.7 Å². The average Bonchev–Trinajstić information content (AvgIpc) is 3.10. The van der Waals surface area contributed by atoms with Crippen LogP contribution in [0.25, 0.3) is 11.4 Å². The number of hydrogen-bond donors (Lipinski definition) is 0. The summed E-state index contributed by atoms with van der Waals surface area (Å²) in [6, 6.07) is 17.1. The van der Waals surface area contributed by atoms with Crippen LogP contribution in [0.2, 0.25) is 0 Å². The van der Waals surface area contributed by atoms with Crippen LogP contribution in [0.3, 0.4) is 0 Å². The van der Waals surface area contributed by atoms with Crippen molar-refractivity contribution in [3.8, 4) is 17.1 Å². The first-order valence-corrected chi connectivity index (χ1v) is 7.95. The summed E-state index contributed by atoms with van der Waals surface area (Å²) in [6.45, 7) is 2.55. The predicted octanol–water partition coefficient (Wildman–Crippen LogP) is 2.33. The molecule has 7 heteroatoms. The molecule has 7 nitrogen and oxygen atoms in total. The Kier molecular flexibility index (Phi) is 5.36. The van der Waals surface area contributed by atoms with E-state index < -0.39 is 5.97 Å². The van der Waals surface area contributed by atoms with Crippen LogP contribution in [0.4, 0.5) is 0 Å². The Balaban J connectivity index is 1.62. The standard InChI is InChI=1S/C18H18N4O3/c1-2-24-17(23)13-25-16-10-8-15(9-11-16)18-19-21-22(20-18)12-14-6-4-3-5-7-14/h3-11H,2,12-13H2,1H3. The first-order valence-electron chi connectivity index (χ1n) is 7.95. The highest BCUT2D eigenvalue weighted by Crippen LogP contribution is 2.18. The molecule has 0 amide bonds. The number of rotatable bonds is 7. The molecule has 3 rings (SSSR count). The van der Waals surface area contributed by atoms with Gasteiger partial charge in [0.2, 0.25) is 5.82 Å². The van der Waals surface area contributed by atoms with Crippen LogP contribution in [-0.2, 0) is 16.1 Å². The quantitative estimate of drug-likeness (QED) is 0.615.